The summed E-state index contributed by atoms with van der Waals surface area (Å²) in [6.45, 7) is 2.05. The van der Waals surface area contributed by atoms with Gasteiger partial charge in [0.2, 0.25) is 0 Å². The highest BCUT2D eigenvalue weighted by Gasteiger charge is 2.14. The first kappa shape index (κ1) is 15.8. The van der Waals surface area contributed by atoms with E-state index in [-0.39, 0.29) is 12.0 Å². The van der Waals surface area contributed by atoms with Gasteiger partial charge in [-0.1, -0.05) is 0 Å². The van der Waals surface area contributed by atoms with Crippen LogP contribution in [0.2, 0.25) is 0 Å². The molecule has 0 bridgehead atoms. The molecule has 1 rings (SSSR count). The summed E-state index contributed by atoms with van der Waals surface area (Å²) in [5, 5.41) is 5.56. The first-order chi connectivity index (χ1) is 9.22. The quantitative estimate of drug-likeness (QED) is 0.514. The van der Waals surface area contributed by atoms with Crippen LogP contribution in [0.5, 0.6) is 0 Å². The van der Waals surface area contributed by atoms with Gasteiger partial charge >= 0.3 is 12.0 Å². The van der Waals surface area contributed by atoms with Crippen LogP contribution in [0.25, 0.3) is 0 Å². The third-order valence-electron chi connectivity index (χ3n) is 3.10. The SMILES string of the molecule is COC(=O)CCCCNC(=O)NCCC1CCCO1. The van der Waals surface area contributed by atoms with Crippen LogP contribution in [-0.4, -0.2) is 44.9 Å². The van der Waals surface area contributed by atoms with Gasteiger partial charge in [0, 0.05) is 26.1 Å². The van der Waals surface area contributed by atoms with Gasteiger partial charge < -0.3 is 20.1 Å². The van der Waals surface area contributed by atoms with Crippen LogP contribution >= 0.6 is 0 Å². The molecule has 6 heteroatoms. The van der Waals surface area contributed by atoms with Crippen LogP contribution in [0.15, 0.2) is 0 Å². The minimum atomic E-state index is -0.207. The zero-order valence-electron chi connectivity index (χ0n) is 11.6. The standard InChI is InChI=1S/C13H24N2O4/c1-18-12(16)6-2-3-8-14-13(17)15-9-7-11-5-4-10-19-11/h11H,2-10H2,1H3,(H2,14,15,17). The molecular formula is C13H24N2O4. The molecule has 2 N–H and O–H groups in total. The first-order valence-electron chi connectivity index (χ1n) is 6.92. The van der Waals surface area contributed by atoms with Crippen molar-refractivity contribution in [1.82, 2.24) is 10.6 Å². The van der Waals surface area contributed by atoms with Crippen LogP contribution in [0.4, 0.5) is 4.79 Å². The summed E-state index contributed by atoms with van der Waals surface area (Å²) in [5.41, 5.74) is 0. The topological polar surface area (TPSA) is 76.7 Å². The number of unbranched alkanes of at least 4 members (excludes halogenated alkanes) is 1. The zero-order chi connectivity index (χ0) is 13.9. The van der Waals surface area contributed by atoms with Gasteiger partial charge in [-0.2, -0.15) is 0 Å². The normalized spacial score (nSPS) is 18.1. The molecule has 0 aliphatic carbocycles. The minimum Gasteiger partial charge on any atom is -0.469 e. The lowest BCUT2D eigenvalue weighted by atomic mass is 10.2. The monoisotopic (exact) mass is 272 g/mol. The predicted molar refractivity (Wildman–Crippen MR) is 70.9 cm³/mol. The number of urea groups is 1. The molecule has 1 aliphatic heterocycles. The number of hydrogen-bond donors (Lipinski definition) is 2. The number of methoxy groups -OCH3 is 1. The van der Waals surface area contributed by atoms with Gasteiger partial charge in [-0.3, -0.25) is 4.79 Å². The molecule has 1 saturated heterocycles. The summed E-state index contributed by atoms with van der Waals surface area (Å²) >= 11 is 0. The van der Waals surface area contributed by atoms with Gasteiger partial charge in [-0.15, -0.1) is 0 Å². The number of carbonyl (C=O) groups excluding carboxylic acids is 2. The van der Waals surface area contributed by atoms with E-state index in [4.69, 9.17) is 4.74 Å². The van der Waals surface area contributed by atoms with Crippen molar-refractivity contribution in [2.24, 2.45) is 0 Å². The molecule has 1 unspecified atom stereocenters. The van der Waals surface area contributed by atoms with Gasteiger partial charge in [0.15, 0.2) is 0 Å². The van der Waals surface area contributed by atoms with Crippen molar-refractivity contribution >= 4 is 12.0 Å². The highest BCUT2D eigenvalue weighted by molar-refractivity contribution is 5.73. The summed E-state index contributed by atoms with van der Waals surface area (Å²) in [4.78, 5) is 22.3. The van der Waals surface area contributed by atoms with Gasteiger partial charge in [-0.25, -0.2) is 4.79 Å². The summed E-state index contributed by atoms with van der Waals surface area (Å²) in [6.07, 6.45) is 5.29. The van der Waals surface area contributed by atoms with E-state index in [9.17, 15) is 9.59 Å². The lowest BCUT2D eigenvalue weighted by Crippen LogP contribution is -2.37. The van der Waals surface area contributed by atoms with E-state index in [2.05, 4.69) is 15.4 Å². The Morgan fingerprint density at radius 1 is 1.26 bits per heavy atom. The lowest BCUT2D eigenvalue weighted by molar-refractivity contribution is -0.140. The molecule has 6 nitrogen and oxygen atoms in total. The van der Waals surface area contributed by atoms with E-state index < -0.39 is 0 Å². The van der Waals surface area contributed by atoms with Gasteiger partial charge in [0.25, 0.3) is 0 Å². The second kappa shape index (κ2) is 9.61. The van der Waals surface area contributed by atoms with E-state index in [1.807, 2.05) is 0 Å². The molecule has 1 aliphatic rings. The van der Waals surface area contributed by atoms with Gasteiger partial charge in [-0.05, 0) is 32.1 Å². The average molecular weight is 272 g/mol. The van der Waals surface area contributed by atoms with E-state index in [1.54, 1.807) is 0 Å². The number of carbonyl (C=O) groups is 2. The van der Waals surface area contributed by atoms with E-state index in [0.717, 1.165) is 38.7 Å². The fraction of sp³-hybridized carbons (Fsp3) is 0.846. The first-order valence-corrected chi connectivity index (χ1v) is 6.92. The van der Waals surface area contributed by atoms with Crippen LogP contribution < -0.4 is 10.6 Å². The van der Waals surface area contributed by atoms with Crippen molar-refractivity contribution < 1.29 is 19.1 Å². The summed E-state index contributed by atoms with van der Waals surface area (Å²) in [6, 6.07) is -0.156. The molecule has 0 radical (unpaired) electrons. The van der Waals surface area contributed by atoms with E-state index >= 15 is 0 Å². The number of ether oxygens (including phenoxy) is 2. The van der Waals surface area contributed by atoms with Crippen molar-refractivity contribution in [3.05, 3.63) is 0 Å². The summed E-state index contributed by atoms with van der Waals surface area (Å²) in [7, 11) is 1.38. The maximum atomic E-state index is 11.4. The maximum Gasteiger partial charge on any atom is 0.314 e. The number of rotatable bonds is 8. The Bertz CT molecular complexity index is 278. The molecule has 0 aromatic rings. The molecule has 1 fully saturated rings. The Balaban J connectivity index is 1.88. The Morgan fingerprint density at radius 3 is 2.74 bits per heavy atom. The Labute approximate surface area is 114 Å². The minimum absolute atomic E-state index is 0.156. The van der Waals surface area contributed by atoms with Crippen molar-refractivity contribution in [2.45, 2.75) is 44.6 Å². The molecule has 1 heterocycles. The third-order valence-corrected chi connectivity index (χ3v) is 3.10. The fourth-order valence-corrected chi connectivity index (χ4v) is 1.98. The highest BCUT2D eigenvalue weighted by atomic mass is 16.5. The van der Waals surface area contributed by atoms with Crippen LogP contribution in [0.3, 0.4) is 0 Å². The molecule has 1 atom stereocenters. The molecule has 0 aromatic carbocycles. The van der Waals surface area contributed by atoms with E-state index in [0.29, 0.717) is 25.6 Å². The zero-order valence-corrected chi connectivity index (χ0v) is 11.6. The van der Waals surface area contributed by atoms with Crippen molar-refractivity contribution in [3.63, 3.8) is 0 Å². The molecule has 110 valence electrons. The van der Waals surface area contributed by atoms with Gasteiger partial charge in [0.05, 0.1) is 13.2 Å². The second-order valence-electron chi connectivity index (χ2n) is 4.64. The van der Waals surface area contributed by atoms with Crippen molar-refractivity contribution in [3.8, 4) is 0 Å². The van der Waals surface area contributed by atoms with Crippen molar-refractivity contribution in [2.75, 3.05) is 26.8 Å². The number of amides is 2. The third kappa shape index (κ3) is 7.66. The Kier molecular flexibility index (Phi) is 7.97. The summed E-state index contributed by atoms with van der Waals surface area (Å²) in [5.74, 6) is -0.207. The van der Waals surface area contributed by atoms with E-state index in [1.165, 1.54) is 7.11 Å². The Hall–Kier alpha value is -1.30. The number of hydrogen-bond acceptors (Lipinski definition) is 4. The predicted octanol–water partition coefficient (Wildman–Crippen LogP) is 1.20. The van der Waals surface area contributed by atoms with Crippen LogP contribution in [-0.2, 0) is 14.3 Å². The highest BCUT2D eigenvalue weighted by Crippen LogP contribution is 2.14. The second-order valence-corrected chi connectivity index (χ2v) is 4.64. The number of nitrogens with one attached hydrogen (secondary N) is 2. The average Bonchev–Trinajstić information content (AvgIpc) is 2.91. The summed E-state index contributed by atoms with van der Waals surface area (Å²) < 4.78 is 9.99. The molecule has 0 aromatic heterocycles. The van der Waals surface area contributed by atoms with Gasteiger partial charge in [0.1, 0.15) is 0 Å². The maximum absolute atomic E-state index is 11.4. The molecule has 0 saturated carbocycles. The smallest absolute Gasteiger partial charge is 0.314 e. The van der Waals surface area contributed by atoms with Crippen LogP contribution in [0.1, 0.15) is 38.5 Å². The lowest BCUT2D eigenvalue weighted by Gasteiger charge is -2.10. The molecule has 2 amide bonds. The molecule has 0 spiro atoms. The van der Waals surface area contributed by atoms with Crippen LogP contribution in [0, 0.1) is 0 Å². The number of esters is 1. The van der Waals surface area contributed by atoms with Crippen molar-refractivity contribution in [1.29, 1.82) is 0 Å². The fourth-order valence-electron chi connectivity index (χ4n) is 1.98. The molecule has 19 heavy (non-hydrogen) atoms. The Morgan fingerprint density at radius 2 is 2.05 bits per heavy atom. The molecular weight excluding hydrogens is 248 g/mol. The largest absolute Gasteiger partial charge is 0.469 e.